The number of carbonyl (C=O) groups is 2. The second-order valence-corrected chi connectivity index (χ2v) is 6.68. The van der Waals surface area contributed by atoms with Crippen molar-refractivity contribution in [2.24, 2.45) is 0 Å². The van der Waals surface area contributed by atoms with Crippen molar-refractivity contribution in [1.29, 1.82) is 0 Å². The number of hydrogen-bond donors (Lipinski definition) is 1. The number of hydrogen-bond acceptors (Lipinski definition) is 7. The van der Waals surface area contributed by atoms with Crippen molar-refractivity contribution in [2.45, 2.75) is 19.9 Å². The summed E-state index contributed by atoms with van der Waals surface area (Å²) in [7, 11) is 4.63. The van der Waals surface area contributed by atoms with Crippen molar-refractivity contribution < 1.29 is 33.3 Å². The fourth-order valence-corrected chi connectivity index (χ4v) is 2.89. The van der Waals surface area contributed by atoms with Gasteiger partial charge in [-0.05, 0) is 55.3 Å². The highest BCUT2D eigenvalue weighted by Gasteiger charge is 2.13. The Bertz CT molecular complexity index is 955. The third-order valence-electron chi connectivity index (χ3n) is 4.53. The zero-order valence-electron chi connectivity index (χ0n) is 19.0. The van der Waals surface area contributed by atoms with E-state index >= 15 is 0 Å². The summed E-state index contributed by atoms with van der Waals surface area (Å²) in [5.74, 6) is 1.35. The molecule has 8 heteroatoms. The zero-order chi connectivity index (χ0) is 23.5. The lowest BCUT2D eigenvalue weighted by molar-refractivity contribution is -0.145. The maximum Gasteiger partial charge on any atom is 0.344 e. The minimum Gasteiger partial charge on any atom is -0.493 e. The van der Waals surface area contributed by atoms with Crippen LogP contribution in [0.15, 0.2) is 42.5 Å². The van der Waals surface area contributed by atoms with Gasteiger partial charge in [0.25, 0.3) is 0 Å². The van der Waals surface area contributed by atoms with Crippen LogP contribution < -0.4 is 24.3 Å². The fourth-order valence-electron chi connectivity index (χ4n) is 2.89. The molecule has 1 unspecified atom stereocenters. The average Bonchev–Trinajstić information content (AvgIpc) is 2.81. The van der Waals surface area contributed by atoms with Gasteiger partial charge < -0.3 is 29.0 Å². The topological polar surface area (TPSA) is 92.3 Å². The summed E-state index contributed by atoms with van der Waals surface area (Å²) in [5.41, 5.74) is 1.62. The van der Waals surface area contributed by atoms with E-state index in [1.807, 2.05) is 13.0 Å². The Morgan fingerprint density at radius 1 is 0.938 bits per heavy atom. The number of benzene rings is 2. The number of methoxy groups -OCH3 is 3. The smallest absolute Gasteiger partial charge is 0.344 e. The SMILES string of the molecule is CCOC(=O)COc1ccc(C(C)NC(=O)/C=C/c2ccc(OC)c(OC)c2)cc1OC. The van der Waals surface area contributed by atoms with E-state index < -0.39 is 5.97 Å². The molecule has 8 nitrogen and oxygen atoms in total. The van der Waals surface area contributed by atoms with Gasteiger partial charge in [0.05, 0.1) is 34.0 Å². The highest BCUT2D eigenvalue weighted by Crippen LogP contribution is 2.30. The van der Waals surface area contributed by atoms with Gasteiger partial charge >= 0.3 is 5.97 Å². The lowest BCUT2D eigenvalue weighted by atomic mass is 10.1. The summed E-state index contributed by atoms with van der Waals surface area (Å²) >= 11 is 0. The number of rotatable bonds is 11. The Kier molecular flexibility index (Phi) is 9.41. The largest absolute Gasteiger partial charge is 0.493 e. The lowest BCUT2D eigenvalue weighted by Gasteiger charge is -2.16. The van der Waals surface area contributed by atoms with E-state index in [9.17, 15) is 9.59 Å². The van der Waals surface area contributed by atoms with Gasteiger partial charge in [0.2, 0.25) is 5.91 Å². The minimum absolute atomic E-state index is 0.212. The van der Waals surface area contributed by atoms with Gasteiger partial charge in [-0.15, -0.1) is 0 Å². The fraction of sp³-hybridized carbons (Fsp3) is 0.333. The molecule has 0 aliphatic rings. The molecule has 0 aliphatic heterocycles. The van der Waals surface area contributed by atoms with Gasteiger partial charge in [-0.25, -0.2) is 4.79 Å². The van der Waals surface area contributed by atoms with Gasteiger partial charge in [-0.2, -0.15) is 0 Å². The molecule has 2 rings (SSSR count). The molecule has 0 heterocycles. The van der Waals surface area contributed by atoms with Crippen LogP contribution in [0, 0.1) is 0 Å². The first-order valence-electron chi connectivity index (χ1n) is 10.1. The Labute approximate surface area is 188 Å². The van der Waals surface area contributed by atoms with Crippen molar-refractivity contribution in [3.05, 3.63) is 53.6 Å². The molecule has 172 valence electrons. The molecule has 1 N–H and O–H groups in total. The normalized spacial score (nSPS) is 11.5. The molecule has 2 aromatic rings. The summed E-state index contributed by atoms with van der Waals surface area (Å²) in [6.07, 6.45) is 3.14. The molecule has 2 aromatic carbocycles. The number of amides is 1. The molecule has 1 atom stereocenters. The van der Waals surface area contributed by atoms with Gasteiger partial charge in [-0.1, -0.05) is 12.1 Å². The molecular formula is C24H29NO7. The summed E-state index contributed by atoms with van der Waals surface area (Å²) in [6.45, 7) is 3.66. The Balaban J connectivity index is 2.02. The average molecular weight is 443 g/mol. The van der Waals surface area contributed by atoms with Crippen molar-refractivity contribution >= 4 is 18.0 Å². The number of nitrogens with one attached hydrogen (secondary N) is 1. The van der Waals surface area contributed by atoms with E-state index in [2.05, 4.69) is 5.32 Å². The zero-order valence-corrected chi connectivity index (χ0v) is 19.0. The second kappa shape index (κ2) is 12.2. The maximum absolute atomic E-state index is 12.4. The van der Waals surface area contributed by atoms with Crippen LogP contribution in [0.4, 0.5) is 0 Å². The monoisotopic (exact) mass is 443 g/mol. The van der Waals surface area contributed by atoms with Crippen LogP contribution in [0.2, 0.25) is 0 Å². The third-order valence-corrected chi connectivity index (χ3v) is 4.53. The quantitative estimate of drug-likeness (QED) is 0.419. The Hall–Kier alpha value is -3.68. The molecule has 32 heavy (non-hydrogen) atoms. The van der Waals surface area contributed by atoms with Crippen LogP contribution >= 0.6 is 0 Å². The first kappa shape index (κ1) is 24.6. The molecule has 0 fully saturated rings. The predicted octanol–water partition coefficient (Wildman–Crippen LogP) is 3.54. The van der Waals surface area contributed by atoms with Gasteiger partial charge in [0, 0.05) is 6.08 Å². The van der Waals surface area contributed by atoms with Crippen molar-refractivity contribution in [1.82, 2.24) is 5.32 Å². The molecule has 0 aromatic heterocycles. The first-order chi connectivity index (χ1) is 15.4. The van der Waals surface area contributed by atoms with Crippen LogP contribution in [0.5, 0.6) is 23.0 Å². The van der Waals surface area contributed by atoms with E-state index in [4.69, 9.17) is 23.7 Å². The highest BCUT2D eigenvalue weighted by atomic mass is 16.6. The molecule has 0 radical (unpaired) electrons. The number of carbonyl (C=O) groups excluding carboxylic acids is 2. The van der Waals surface area contributed by atoms with Crippen LogP contribution in [0.25, 0.3) is 6.08 Å². The van der Waals surface area contributed by atoms with Crippen molar-refractivity contribution in [3.8, 4) is 23.0 Å². The van der Waals surface area contributed by atoms with Crippen LogP contribution in [-0.2, 0) is 14.3 Å². The predicted molar refractivity (Wildman–Crippen MR) is 120 cm³/mol. The molecule has 0 spiro atoms. The number of ether oxygens (including phenoxy) is 5. The highest BCUT2D eigenvalue weighted by molar-refractivity contribution is 5.92. The molecule has 0 saturated carbocycles. The van der Waals surface area contributed by atoms with Gasteiger partial charge in [0.15, 0.2) is 29.6 Å². The Morgan fingerprint density at radius 2 is 1.59 bits per heavy atom. The summed E-state index contributed by atoms with van der Waals surface area (Å²) in [6, 6.07) is 10.3. The van der Waals surface area contributed by atoms with Crippen LogP contribution in [0.3, 0.4) is 0 Å². The van der Waals surface area contributed by atoms with Crippen LogP contribution in [-0.4, -0.2) is 46.4 Å². The molecule has 0 aliphatic carbocycles. The standard InChI is InChI=1S/C24H29NO7/c1-6-31-24(27)15-32-20-11-9-18(14-22(20)30-5)16(2)25-23(26)12-8-17-7-10-19(28-3)21(13-17)29-4/h7-14,16H,6,15H2,1-5H3,(H,25,26)/b12-8+. The van der Waals surface area contributed by atoms with E-state index in [0.29, 0.717) is 23.0 Å². The van der Waals surface area contributed by atoms with Crippen LogP contribution in [0.1, 0.15) is 31.0 Å². The number of esters is 1. The van der Waals surface area contributed by atoms with Gasteiger partial charge in [0.1, 0.15) is 0 Å². The second-order valence-electron chi connectivity index (χ2n) is 6.68. The lowest BCUT2D eigenvalue weighted by Crippen LogP contribution is -2.24. The van der Waals surface area contributed by atoms with Crippen molar-refractivity contribution in [2.75, 3.05) is 34.5 Å². The minimum atomic E-state index is -0.458. The van der Waals surface area contributed by atoms with E-state index in [-0.39, 0.29) is 25.2 Å². The third kappa shape index (κ3) is 6.94. The summed E-state index contributed by atoms with van der Waals surface area (Å²) < 4.78 is 26.2. The first-order valence-corrected chi connectivity index (χ1v) is 10.1. The summed E-state index contributed by atoms with van der Waals surface area (Å²) in [5, 5.41) is 2.90. The Morgan fingerprint density at radius 3 is 2.25 bits per heavy atom. The molecule has 1 amide bonds. The van der Waals surface area contributed by atoms with Crippen molar-refractivity contribution in [3.63, 3.8) is 0 Å². The molecule has 0 bridgehead atoms. The van der Waals surface area contributed by atoms with Gasteiger partial charge in [-0.3, -0.25) is 4.79 Å². The molecule has 0 saturated heterocycles. The van der Waals surface area contributed by atoms with E-state index in [1.165, 1.54) is 13.2 Å². The van der Waals surface area contributed by atoms with E-state index in [0.717, 1.165) is 11.1 Å². The molecular weight excluding hydrogens is 414 g/mol. The maximum atomic E-state index is 12.4. The van der Waals surface area contributed by atoms with E-state index in [1.54, 1.807) is 57.6 Å². The summed E-state index contributed by atoms with van der Waals surface area (Å²) in [4.78, 5) is 23.9.